The number of nitrogens with two attached hydrogens (primary N) is 1. The molecule has 0 saturated heterocycles. The third-order valence-corrected chi connectivity index (χ3v) is 3.25. The number of H-pyrrole nitrogens is 1. The average Bonchev–Trinajstić information content (AvgIpc) is 2.82. The van der Waals surface area contributed by atoms with Gasteiger partial charge in [0.25, 0.3) is 0 Å². The van der Waals surface area contributed by atoms with Gasteiger partial charge in [-0.1, -0.05) is 11.6 Å². The first-order chi connectivity index (χ1) is 9.16. The number of hydrogen-bond acceptors (Lipinski definition) is 3. The van der Waals surface area contributed by atoms with E-state index in [1.54, 1.807) is 36.7 Å². The summed E-state index contributed by atoms with van der Waals surface area (Å²) in [4.78, 5) is 19.6. The second-order valence-electron chi connectivity index (χ2n) is 4.17. The van der Waals surface area contributed by atoms with Crippen LogP contribution in [0.5, 0.6) is 0 Å². The number of nitrogens with one attached hydrogen (secondary N) is 1. The van der Waals surface area contributed by atoms with E-state index < -0.39 is 0 Å². The van der Waals surface area contributed by atoms with Crippen LogP contribution in [0, 0.1) is 0 Å². The lowest BCUT2D eigenvalue weighted by Crippen LogP contribution is -2.02. The van der Waals surface area contributed by atoms with E-state index in [1.165, 1.54) is 0 Å². The van der Waals surface area contributed by atoms with E-state index in [0.717, 1.165) is 5.39 Å². The van der Waals surface area contributed by atoms with Gasteiger partial charge in [-0.3, -0.25) is 4.79 Å². The van der Waals surface area contributed by atoms with Gasteiger partial charge in [0.05, 0.1) is 5.02 Å². The molecule has 19 heavy (non-hydrogen) atoms. The molecule has 0 aliphatic rings. The Morgan fingerprint density at radius 3 is 2.89 bits per heavy atom. The summed E-state index contributed by atoms with van der Waals surface area (Å²) in [6.45, 7) is 0. The smallest absolute Gasteiger partial charge is 0.196 e. The maximum atomic E-state index is 12.5. The van der Waals surface area contributed by atoms with Crippen LogP contribution in [0.4, 0.5) is 5.69 Å². The molecule has 94 valence electrons. The van der Waals surface area contributed by atoms with E-state index in [1.807, 2.05) is 6.07 Å². The van der Waals surface area contributed by atoms with Crippen molar-refractivity contribution < 1.29 is 4.79 Å². The van der Waals surface area contributed by atoms with Crippen molar-refractivity contribution in [2.75, 3.05) is 5.73 Å². The number of carbonyl (C=O) groups excluding carboxylic acids is 1. The second kappa shape index (κ2) is 4.40. The quantitative estimate of drug-likeness (QED) is 0.556. The van der Waals surface area contributed by atoms with Gasteiger partial charge in [-0.2, -0.15) is 0 Å². The lowest BCUT2D eigenvalue weighted by molar-refractivity contribution is 0.104. The Morgan fingerprint density at radius 1 is 1.26 bits per heavy atom. The van der Waals surface area contributed by atoms with Crippen LogP contribution >= 0.6 is 11.6 Å². The summed E-state index contributed by atoms with van der Waals surface area (Å²) >= 11 is 6.07. The van der Waals surface area contributed by atoms with Crippen LogP contribution < -0.4 is 5.73 Å². The maximum absolute atomic E-state index is 12.5. The Morgan fingerprint density at radius 2 is 2.11 bits per heavy atom. The molecule has 4 nitrogen and oxygen atoms in total. The molecule has 3 aromatic rings. The van der Waals surface area contributed by atoms with Crippen LogP contribution in [0.3, 0.4) is 0 Å². The average molecular weight is 272 g/mol. The predicted octanol–water partition coefficient (Wildman–Crippen LogP) is 3.03. The maximum Gasteiger partial charge on any atom is 0.196 e. The summed E-state index contributed by atoms with van der Waals surface area (Å²) < 4.78 is 0. The largest absolute Gasteiger partial charge is 0.399 e. The van der Waals surface area contributed by atoms with Gasteiger partial charge in [0.1, 0.15) is 5.65 Å². The lowest BCUT2D eigenvalue weighted by Gasteiger charge is -2.03. The summed E-state index contributed by atoms with van der Waals surface area (Å²) in [5, 5.41) is 1.13. The Hall–Kier alpha value is -2.33. The van der Waals surface area contributed by atoms with Crippen molar-refractivity contribution in [3.05, 3.63) is 58.9 Å². The highest BCUT2D eigenvalue weighted by Gasteiger charge is 2.17. The van der Waals surface area contributed by atoms with Crippen molar-refractivity contribution in [2.45, 2.75) is 0 Å². The van der Waals surface area contributed by atoms with Gasteiger partial charge in [0, 0.05) is 34.6 Å². The summed E-state index contributed by atoms with van der Waals surface area (Å²) in [5.74, 6) is -0.149. The van der Waals surface area contributed by atoms with E-state index >= 15 is 0 Å². The first-order valence-electron chi connectivity index (χ1n) is 5.68. The summed E-state index contributed by atoms with van der Waals surface area (Å²) in [5.41, 5.74) is 7.81. The minimum absolute atomic E-state index is 0.149. The zero-order valence-electron chi connectivity index (χ0n) is 9.85. The summed E-state index contributed by atoms with van der Waals surface area (Å²) in [6.07, 6.45) is 3.32. The number of rotatable bonds is 2. The Bertz CT molecular complexity index is 779. The normalized spacial score (nSPS) is 10.8. The number of aromatic nitrogens is 2. The zero-order valence-corrected chi connectivity index (χ0v) is 10.6. The van der Waals surface area contributed by atoms with Gasteiger partial charge in [-0.15, -0.1) is 0 Å². The number of halogens is 1. The highest BCUT2D eigenvalue weighted by molar-refractivity contribution is 6.35. The topological polar surface area (TPSA) is 71.8 Å². The Labute approximate surface area is 114 Å². The molecule has 3 rings (SSSR count). The number of aromatic amines is 1. The molecule has 0 spiro atoms. The number of ketones is 1. The van der Waals surface area contributed by atoms with Gasteiger partial charge in [0.15, 0.2) is 5.78 Å². The van der Waals surface area contributed by atoms with Gasteiger partial charge in [-0.05, 0) is 30.3 Å². The first kappa shape index (κ1) is 11.7. The van der Waals surface area contributed by atoms with E-state index in [2.05, 4.69) is 9.97 Å². The van der Waals surface area contributed by atoms with Crippen LogP contribution in [0.2, 0.25) is 5.02 Å². The monoisotopic (exact) mass is 271 g/mol. The first-order valence-corrected chi connectivity index (χ1v) is 6.06. The molecule has 2 heterocycles. The number of nitrogen functional groups attached to an aromatic ring is 1. The predicted molar refractivity (Wildman–Crippen MR) is 75.4 cm³/mol. The van der Waals surface area contributed by atoms with Crippen molar-refractivity contribution in [3.8, 4) is 0 Å². The molecule has 0 amide bonds. The SMILES string of the molecule is Nc1ccc(C(=O)c2c[nH]c3ncccc23)c(Cl)c1. The molecular weight excluding hydrogens is 262 g/mol. The number of hydrogen-bond donors (Lipinski definition) is 2. The van der Waals surface area contributed by atoms with Crippen molar-refractivity contribution in [1.29, 1.82) is 0 Å². The summed E-state index contributed by atoms with van der Waals surface area (Å²) in [6, 6.07) is 8.50. The Kier molecular flexibility index (Phi) is 2.72. The van der Waals surface area contributed by atoms with Crippen molar-refractivity contribution in [3.63, 3.8) is 0 Å². The van der Waals surface area contributed by atoms with E-state index in [9.17, 15) is 4.79 Å². The second-order valence-corrected chi connectivity index (χ2v) is 4.58. The van der Waals surface area contributed by atoms with Crippen LogP contribution in [0.25, 0.3) is 11.0 Å². The fourth-order valence-electron chi connectivity index (χ4n) is 2.00. The number of fused-ring (bicyclic) bond motifs is 1. The molecule has 0 bridgehead atoms. The minimum atomic E-state index is -0.149. The third kappa shape index (κ3) is 1.96. The molecule has 3 N–H and O–H groups in total. The number of pyridine rings is 1. The van der Waals surface area contributed by atoms with Gasteiger partial charge in [0.2, 0.25) is 0 Å². The van der Waals surface area contributed by atoms with Crippen molar-refractivity contribution in [1.82, 2.24) is 9.97 Å². The highest BCUT2D eigenvalue weighted by Crippen LogP contribution is 2.25. The number of nitrogens with zero attached hydrogens (tertiary/aromatic N) is 1. The molecule has 1 aromatic carbocycles. The van der Waals surface area contributed by atoms with Gasteiger partial charge >= 0.3 is 0 Å². The minimum Gasteiger partial charge on any atom is -0.399 e. The van der Waals surface area contributed by atoms with Crippen LogP contribution in [-0.4, -0.2) is 15.8 Å². The van der Waals surface area contributed by atoms with E-state index in [0.29, 0.717) is 27.5 Å². The molecule has 0 fully saturated rings. The summed E-state index contributed by atoms with van der Waals surface area (Å²) in [7, 11) is 0. The third-order valence-electron chi connectivity index (χ3n) is 2.93. The molecule has 0 aliphatic carbocycles. The van der Waals surface area contributed by atoms with Crippen LogP contribution in [-0.2, 0) is 0 Å². The molecule has 0 aliphatic heterocycles. The Balaban J connectivity index is 2.13. The molecule has 0 unspecified atom stereocenters. The molecule has 0 radical (unpaired) electrons. The lowest BCUT2D eigenvalue weighted by atomic mass is 10.0. The molecule has 5 heteroatoms. The fraction of sp³-hybridized carbons (Fsp3) is 0. The van der Waals surface area contributed by atoms with Crippen molar-refractivity contribution in [2.24, 2.45) is 0 Å². The molecule has 0 saturated carbocycles. The highest BCUT2D eigenvalue weighted by atomic mass is 35.5. The molecular formula is C14H10ClN3O. The van der Waals surface area contributed by atoms with E-state index in [4.69, 9.17) is 17.3 Å². The van der Waals surface area contributed by atoms with E-state index in [-0.39, 0.29) is 5.78 Å². The van der Waals surface area contributed by atoms with Crippen molar-refractivity contribution >= 4 is 34.1 Å². The zero-order chi connectivity index (χ0) is 13.4. The van der Waals surface area contributed by atoms with Crippen LogP contribution in [0.1, 0.15) is 15.9 Å². The molecule has 0 atom stereocenters. The number of carbonyl (C=O) groups is 1. The van der Waals surface area contributed by atoms with Gasteiger partial charge in [-0.25, -0.2) is 4.98 Å². The van der Waals surface area contributed by atoms with Gasteiger partial charge < -0.3 is 10.7 Å². The standard InChI is InChI=1S/C14H10ClN3O/c15-12-6-8(16)3-4-10(12)13(19)11-7-18-14-9(11)2-1-5-17-14/h1-7H,16H2,(H,17,18). The number of anilines is 1. The fourth-order valence-corrected chi connectivity index (χ4v) is 2.28. The number of benzene rings is 1. The molecule has 2 aromatic heterocycles. The van der Waals surface area contributed by atoms with Crippen LogP contribution in [0.15, 0.2) is 42.7 Å².